The summed E-state index contributed by atoms with van der Waals surface area (Å²) in [7, 11) is 0. The number of pyridine rings is 1. The van der Waals surface area contributed by atoms with E-state index in [1.165, 1.54) is 20.8 Å². The third-order valence-electron chi connectivity index (χ3n) is 3.03. The number of nitrogens with zero attached hydrogens (tertiary/aromatic N) is 2. The van der Waals surface area contributed by atoms with Crippen LogP contribution in [0.3, 0.4) is 0 Å². The molecule has 84 valence electrons. The SMILES string of the molecule is [Br-].c1cnc2c(c1)C[n+]1c-2sc2ccccc21. The Balaban J connectivity index is 0.000000902. The zero-order chi connectivity index (χ0) is 10.5. The van der Waals surface area contributed by atoms with Crippen LogP contribution in [0.5, 0.6) is 0 Å². The van der Waals surface area contributed by atoms with Crippen molar-refractivity contribution in [3.05, 3.63) is 48.2 Å². The Morgan fingerprint density at radius 3 is 2.94 bits per heavy atom. The van der Waals surface area contributed by atoms with Gasteiger partial charge >= 0.3 is 0 Å². The van der Waals surface area contributed by atoms with Crippen molar-refractivity contribution in [2.24, 2.45) is 0 Å². The minimum atomic E-state index is 0. The second-order valence-electron chi connectivity index (χ2n) is 3.97. The van der Waals surface area contributed by atoms with E-state index >= 15 is 0 Å². The van der Waals surface area contributed by atoms with Gasteiger partial charge in [0.05, 0.1) is 5.56 Å². The zero-order valence-corrected chi connectivity index (χ0v) is 11.3. The molecule has 3 heterocycles. The number of hydrogen-bond acceptors (Lipinski definition) is 2. The number of para-hydroxylation sites is 1. The van der Waals surface area contributed by atoms with Crippen molar-refractivity contribution in [1.82, 2.24) is 4.98 Å². The molecule has 4 heteroatoms. The maximum atomic E-state index is 4.49. The summed E-state index contributed by atoms with van der Waals surface area (Å²) < 4.78 is 3.70. The number of fused-ring (bicyclic) bond motifs is 5. The highest BCUT2D eigenvalue weighted by atomic mass is 79.9. The lowest BCUT2D eigenvalue weighted by molar-refractivity contribution is -0.642. The van der Waals surface area contributed by atoms with Crippen molar-refractivity contribution in [2.45, 2.75) is 6.54 Å². The fourth-order valence-corrected chi connectivity index (χ4v) is 3.49. The van der Waals surface area contributed by atoms with Crippen LogP contribution in [0.2, 0.25) is 0 Å². The van der Waals surface area contributed by atoms with Crippen molar-refractivity contribution >= 4 is 21.6 Å². The first-order chi connectivity index (χ1) is 7.93. The zero-order valence-electron chi connectivity index (χ0n) is 8.93. The molecular weight excluding hydrogens is 296 g/mol. The van der Waals surface area contributed by atoms with Gasteiger partial charge in [0.25, 0.3) is 5.01 Å². The molecule has 0 aliphatic carbocycles. The number of aromatic nitrogens is 2. The van der Waals surface area contributed by atoms with Gasteiger partial charge in [-0.05, 0) is 18.2 Å². The molecule has 0 bridgehead atoms. The molecule has 0 atom stereocenters. The van der Waals surface area contributed by atoms with Crippen LogP contribution in [-0.2, 0) is 6.54 Å². The Kier molecular flexibility index (Phi) is 2.49. The van der Waals surface area contributed by atoms with E-state index in [0.29, 0.717) is 0 Å². The van der Waals surface area contributed by atoms with Gasteiger partial charge in [-0.1, -0.05) is 23.5 Å². The molecule has 17 heavy (non-hydrogen) atoms. The van der Waals surface area contributed by atoms with Gasteiger partial charge in [0, 0.05) is 12.3 Å². The number of benzene rings is 1. The van der Waals surface area contributed by atoms with Gasteiger partial charge in [0.2, 0.25) is 5.52 Å². The lowest BCUT2D eigenvalue weighted by atomic mass is 10.2. The van der Waals surface area contributed by atoms with Crippen LogP contribution in [0.4, 0.5) is 0 Å². The minimum absolute atomic E-state index is 0. The molecule has 4 rings (SSSR count). The van der Waals surface area contributed by atoms with Crippen molar-refractivity contribution in [1.29, 1.82) is 0 Å². The van der Waals surface area contributed by atoms with E-state index in [0.717, 1.165) is 12.2 Å². The summed E-state index contributed by atoms with van der Waals surface area (Å²) in [6.07, 6.45) is 1.87. The van der Waals surface area contributed by atoms with E-state index in [1.54, 1.807) is 0 Å². The van der Waals surface area contributed by atoms with Gasteiger partial charge < -0.3 is 17.0 Å². The molecule has 0 amide bonds. The van der Waals surface area contributed by atoms with Crippen LogP contribution in [-0.4, -0.2) is 4.98 Å². The van der Waals surface area contributed by atoms with Crippen LogP contribution >= 0.6 is 11.3 Å². The summed E-state index contributed by atoms with van der Waals surface area (Å²) in [5, 5.41) is 1.29. The van der Waals surface area contributed by atoms with Gasteiger partial charge in [-0.2, -0.15) is 4.57 Å². The van der Waals surface area contributed by atoms with Crippen LogP contribution in [0, 0.1) is 0 Å². The molecule has 2 aromatic heterocycles. The molecule has 0 fully saturated rings. The topological polar surface area (TPSA) is 16.8 Å². The lowest BCUT2D eigenvalue weighted by Crippen LogP contribution is -3.00. The molecule has 1 aliphatic heterocycles. The molecule has 0 spiro atoms. The summed E-state index contributed by atoms with van der Waals surface area (Å²) in [5.74, 6) is 0. The first-order valence-corrected chi connectivity index (χ1v) is 6.11. The van der Waals surface area contributed by atoms with Gasteiger partial charge in [0.1, 0.15) is 4.70 Å². The predicted molar refractivity (Wildman–Crippen MR) is 64.4 cm³/mol. The van der Waals surface area contributed by atoms with E-state index in [4.69, 9.17) is 0 Å². The Hall–Kier alpha value is -1.26. The molecule has 1 aromatic carbocycles. The van der Waals surface area contributed by atoms with Crippen molar-refractivity contribution in [3.63, 3.8) is 0 Å². The quantitative estimate of drug-likeness (QED) is 0.405. The molecule has 0 N–H and O–H groups in total. The van der Waals surface area contributed by atoms with E-state index < -0.39 is 0 Å². The molecule has 2 nitrogen and oxygen atoms in total. The minimum Gasteiger partial charge on any atom is -1.00 e. The van der Waals surface area contributed by atoms with E-state index in [2.05, 4.69) is 39.9 Å². The van der Waals surface area contributed by atoms with Crippen LogP contribution in [0.25, 0.3) is 20.9 Å². The third-order valence-corrected chi connectivity index (χ3v) is 4.20. The number of thiazole rings is 1. The van der Waals surface area contributed by atoms with Gasteiger partial charge in [-0.15, -0.1) is 0 Å². The summed E-state index contributed by atoms with van der Waals surface area (Å²) in [4.78, 5) is 4.49. The summed E-state index contributed by atoms with van der Waals surface area (Å²) in [6, 6.07) is 12.7. The normalized spacial score (nSPS) is 12.0. The summed E-state index contributed by atoms with van der Waals surface area (Å²) >= 11 is 1.83. The first kappa shape index (κ1) is 10.9. The molecular formula is C13H9BrN2S. The van der Waals surface area contributed by atoms with Crippen molar-refractivity contribution in [3.8, 4) is 10.7 Å². The Labute approximate surface area is 113 Å². The predicted octanol–water partition coefficient (Wildman–Crippen LogP) is -0.383. The molecule has 3 aromatic rings. The highest BCUT2D eigenvalue weighted by Gasteiger charge is 2.31. The second-order valence-corrected chi connectivity index (χ2v) is 5.00. The van der Waals surface area contributed by atoms with E-state index in [-0.39, 0.29) is 17.0 Å². The Bertz CT molecular complexity index is 705. The second kappa shape index (κ2) is 3.89. The summed E-state index contributed by atoms with van der Waals surface area (Å²) in [6.45, 7) is 0.961. The fraction of sp³-hybridized carbons (Fsp3) is 0.0769. The number of rotatable bonds is 0. The van der Waals surface area contributed by atoms with Gasteiger partial charge in [0.15, 0.2) is 12.2 Å². The lowest BCUT2D eigenvalue weighted by Gasteiger charge is -1.89. The smallest absolute Gasteiger partial charge is 0.289 e. The molecule has 1 aliphatic rings. The van der Waals surface area contributed by atoms with Gasteiger partial charge in [-0.3, -0.25) is 0 Å². The van der Waals surface area contributed by atoms with E-state index in [1.807, 2.05) is 23.6 Å². The highest BCUT2D eigenvalue weighted by molar-refractivity contribution is 7.21. The molecule has 0 unspecified atom stereocenters. The van der Waals surface area contributed by atoms with Crippen molar-refractivity contribution < 1.29 is 21.5 Å². The van der Waals surface area contributed by atoms with Gasteiger partial charge in [-0.25, -0.2) is 4.98 Å². The summed E-state index contributed by atoms with van der Waals surface area (Å²) in [5.41, 5.74) is 3.81. The van der Waals surface area contributed by atoms with Crippen LogP contribution in [0.15, 0.2) is 42.6 Å². The molecule has 0 saturated heterocycles. The Morgan fingerprint density at radius 2 is 2.00 bits per heavy atom. The monoisotopic (exact) mass is 304 g/mol. The average Bonchev–Trinajstić information content (AvgIpc) is 2.85. The van der Waals surface area contributed by atoms with Crippen LogP contribution < -0.4 is 21.5 Å². The first-order valence-electron chi connectivity index (χ1n) is 5.29. The molecule has 0 radical (unpaired) electrons. The van der Waals surface area contributed by atoms with Crippen LogP contribution in [0.1, 0.15) is 5.56 Å². The molecule has 0 saturated carbocycles. The standard InChI is InChI=1S/C13H9N2S.BrH/c1-2-6-11-10(5-1)15-8-9-4-3-7-14-12(9)13(15)16-11;/h1-7H,8H2;1H/q+1;/p-1. The third kappa shape index (κ3) is 1.44. The number of hydrogen-bond donors (Lipinski definition) is 0. The Morgan fingerprint density at radius 1 is 1.12 bits per heavy atom. The van der Waals surface area contributed by atoms with Crippen molar-refractivity contribution in [2.75, 3.05) is 0 Å². The highest BCUT2D eigenvalue weighted by Crippen LogP contribution is 2.33. The average molecular weight is 305 g/mol. The number of halogens is 1. The van der Waals surface area contributed by atoms with E-state index in [9.17, 15) is 0 Å². The maximum absolute atomic E-state index is 4.49. The maximum Gasteiger partial charge on any atom is 0.289 e. The largest absolute Gasteiger partial charge is 1.00 e. The fourth-order valence-electron chi connectivity index (χ4n) is 2.30.